The highest BCUT2D eigenvalue weighted by molar-refractivity contribution is 7.93. The van der Waals surface area contributed by atoms with Gasteiger partial charge in [-0.3, -0.25) is 0 Å². The summed E-state index contributed by atoms with van der Waals surface area (Å²) in [6.45, 7) is 3.32. The minimum absolute atomic E-state index is 0.0572. The van der Waals surface area contributed by atoms with Crippen molar-refractivity contribution in [2.24, 2.45) is 0 Å². The molecule has 0 aliphatic carbocycles. The molecule has 0 amide bonds. The van der Waals surface area contributed by atoms with Crippen LogP contribution in [0.15, 0.2) is 28.5 Å². The van der Waals surface area contributed by atoms with Gasteiger partial charge in [-0.15, -0.1) is 11.3 Å². The van der Waals surface area contributed by atoms with Crippen molar-refractivity contribution in [3.05, 3.63) is 40.7 Å². The van der Waals surface area contributed by atoms with Crippen molar-refractivity contribution in [1.29, 1.82) is 0 Å². The third-order valence-electron chi connectivity index (χ3n) is 2.66. The topological polar surface area (TPSA) is 50.3 Å². The fourth-order valence-corrected chi connectivity index (χ4v) is 3.75. The Balaban J connectivity index is 2.44. The molecule has 2 aromatic rings. The Labute approximate surface area is 115 Å². The normalized spacial score (nSPS) is 11.6. The smallest absolute Gasteiger partial charge is 0.244 e. The molecule has 0 saturated carbocycles. The van der Waals surface area contributed by atoms with Crippen LogP contribution in [0.2, 0.25) is 0 Å². The molecule has 0 atom stereocenters. The van der Waals surface area contributed by atoms with Crippen molar-refractivity contribution in [3.63, 3.8) is 0 Å². The summed E-state index contributed by atoms with van der Waals surface area (Å²) in [4.78, 5) is 4.19. The lowest BCUT2D eigenvalue weighted by Crippen LogP contribution is -2.26. The van der Waals surface area contributed by atoms with Crippen LogP contribution in [-0.2, 0) is 10.0 Å². The molecule has 0 N–H and O–H groups in total. The number of nitrogens with zero attached hydrogens (tertiary/aromatic N) is 2. The van der Waals surface area contributed by atoms with E-state index in [1.165, 1.54) is 37.4 Å². The summed E-state index contributed by atoms with van der Waals surface area (Å²) in [6, 6.07) is 3.74. The highest BCUT2D eigenvalue weighted by Gasteiger charge is 2.23. The number of halogens is 1. The van der Waals surface area contributed by atoms with Gasteiger partial charge >= 0.3 is 0 Å². The summed E-state index contributed by atoms with van der Waals surface area (Å²) in [6.07, 6.45) is 0. The van der Waals surface area contributed by atoms with Crippen LogP contribution in [0.5, 0.6) is 0 Å². The van der Waals surface area contributed by atoms with Crippen LogP contribution in [0, 0.1) is 19.7 Å². The molecule has 0 fully saturated rings. The molecule has 7 heteroatoms. The largest absolute Gasteiger partial charge is 0.265 e. The molecular formula is C12H13FN2O2S2. The Morgan fingerprint density at radius 3 is 2.53 bits per heavy atom. The van der Waals surface area contributed by atoms with Crippen molar-refractivity contribution in [2.45, 2.75) is 18.7 Å². The Hall–Kier alpha value is -1.47. The lowest BCUT2D eigenvalue weighted by atomic mass is 10.2. The van der Waals surface area contributed by atoms with Gasteiger partial charge in [-0.2, -0.15) is 0 Å². The van der Waals surface area contributed by atoms with Crippen LogP contribution in [-0.4, -0.2) is 20.4 Å². The molecule has 0 saturated heterocycles. The van der Waals surface area contributed by atoms with E-state index in [-0.39, 0.29) is 4.90 Å². The number of hydrogen-bond donors (Lipinski definition) is 0. The molecule has 4 nitrogen and oxygen atoms in total. The van der Waals surface area contributed by atoms with Gasteiger partial charge < -0.3 is 0 Å². The van der Waals surface area contributed by atoms with Crippen LogP contribution in [0.3, 0.4) is 0 Å². The van der Waals surface area contributed by atoms with Gasteiger partial charge in [-0.25, -0.2) is 22.1 Å². The average molecular weight is 300 g/mol. The molecule has 0 spiro atoms. The van der Waals surface area contributed by atoms with Crippen molar-refractivity contribution in [2.75, 3.05) is 11.4 Å². The predicted molar refractivity (Wildman–Crippen MR) is 73.6 cm³/mol. The van der Waals surface area contributed by atoms with E-state index in [9.17, 15) is 12.8 Å². The average Bonchev–Trinajstić information content (AvgIpc) is 2.78. The van der Waals surface area contributed by atoms with Crippen molar-refractivity contribution in [3.8, 4) is 0 Å². The van der Waals surface area contributed by atoms with E-state index < -0.39 is 15.8 Å². The van der Waals surface area contributed by atoms with E-state index in [4.69, 9.17) is 0 Å². The second-order valence-corrected chi connectivity index (χ2v) is 6.96. The van der Waals surface area contributed by atoms with E-state index in [0.29, 0.717) is 10.7 Å². The predicted octanol–water partition coefficient (Wildman–Crippen LogP) is 2.72. The fourth-order valence-electron chi connectivity index (χ4n) is 1.52. The molecule has 1 heterocycles. The summed E-state index contributed by atoms with van der Waals surface area (Å²) in [5, 5.41) is 2.16. The van der Waals surface area contributed by atoms with E-state index >= 15 is 0 Å². The molecule has 102 valence electrons. The van der Waals surface area contributed by atoms with Gasteiger partial charge in [-0.05, 0) is 37.6 Å². The molecule has 19 heavy (non-hydrogen) atoms. The molecule has 0 aliphatic rings. The summed E-state index contributed by atoms with van der Waals surface area (Å²) in [5.74, 6) is -0.424. The number of rotatable bonds is 3. The quantitative estimate of drug-likeness (QED) is 0.875. The number of sulfonamides is 1. The van der Waals surface area contributed by atoms with Gasteiger partial charge in [0.05, 0.1) is 10.6 Å². The van der Waals surface area contributed by atoms with Crippen LogP contribution in [0.4, 0.5) is 9.52 Å². The Bertz CT molecular complexity index is 710. The maximum Gasteiger partial charge on any atom is 0.265 e. The molecule has 0 aliphatic heterocycles. The minimum atomic E-state index is -3.70. The third-order valence-corrected chi connectivity index (χ3v) is 5.56. The second-order valence-electron chi connectivity index (χ2n) is 4.15. The highest BCUT2D eigenvalue weighted by Crippen LogP contribution is 2.26. The van der Waals surface area contributed by atoms with Gasteiger partial charge in [0, 0.05) is 12.4 Å². The van der Waals surface area contributed by atoms with Crippen LogP contribution in [0.1, 0.15) is 11.3 Å². The van der Waals surface area contributed by atoms with Crippen molar-refractivity contribution < 1.29 is 12.8 Å². The maximum absolute atomic E-state index is 13.2. The zero-order valence-corrected chi connectivity index (χ0v) is 12.3. The molecule has 1 aromatic carbocycles. The monoisotopic (exact) mass is 300 g/mol. The Kier molecular flexibility index (Phi) is 3.60. The molecule has 0 bridgehead atoms. The second kappa shape index (κ2) is 4.90. The molecule has 0 radical (unpaired) electrons. The van der Waals surface area contributed by atoms with Crippen LogP contribution >= 0.6 is 11.3 Å². The Morgan fingerprint density at radius 2 is 2.00 bits per heavy atom. The van der Waals surface area contributed by atoms with E-state index in [2.05, 4.69) is 4.98 Å². The molecule has 2 rings (SSSR count). The van der Waals surface area contributed by atoms with Crippen LogP contribution in [0.25, 0.3) is 0 Å². The van der Waals surface area contributed by atoms with Gasteiger partial charge in [-0.1, -0.05) is 0 Å². The number of thiazole rings is 1. The van der Waals surface area contributed by atoms with Crippen molar-refractivity contribution >= 4 is 26.5 Å². The first-order valence-electron chi connectivity index (χ1n) is 5.49. The summed E-state index contributed by atoms with van der Waals surface area (Å²) >= 11 is 1.25. The van der Waals surface area contributed by atoms with E-state index in [0.717, 1.165) is 16.1 Å². The summed E-state index contributed by atoms with van der Waals surface area (Å²) in [5.41, 5.74) is 1.06. The lowest BCUT2D eigenvalue weighted by Gasteiger charge is -2.16. The highest BCUT2D eigenvalue weighted by atomic mass is 32.2. The van der Waals surface area contributed by atoms with Gasteiger partial charge in [0.15, 0.2) is 5.13 Å². The SMILES string of the molecule is Cc1csc(N(C)S(=O)(=O)c2ccc(F)c(C)c2)n1. The van der Waals surface area contributed by atoms with Crippen LogP contribution < -0.4 is 4.31 Å². The first-order chi connectivity index (χ1) is 8.82. The van der Waals surface area contributed by atoms with E-state index in [1.54, 1.807) is 12.3 Å². The third kappa shape index (κ3) is 2.62. The first-order valence-corrected chi connectivity index (χ1v) is 7.81. The van der Waals surface area contributed by atoms with Gasteiger partial charge in [0.2, 0.25) is 0 Å². The van der Waals surface area contributed by atoms with Gasteiger partial charge in [0.1, 0.15) is 5.82 Å². The molecular weight excluding hydrogens is 287 g/mol. The Morgan fingerprint density at radius 1 is 1.32 bits per heavy atom. The molecule has 0 unspecified atom stereocenters. The number of aryl methyl sites for hydroxylation is 2. The fraction of sp³-hybridized carbons (Fsp3) is 0.250. The summed E-state index contributed by atoms with van der Waals surface area (Å²) in [7, 11) is -2.27. The van der Waals surface area contributed by atoms with Gasteiger partial charge in [0.25, 0.3) is 10.0 Å². The maximum atomic E-state index is 13.2. The number of aromatic nitrogens is 1. The summed E-state index contributed by atoms with van der Waals surface area (Å²) < 4.78 is 39.1. The zero-order chi connectivity index (χ0) is 14.2. The van der Waals surface area contributed by atoms with Crippen molar-refractivity contribution in [1.82, 2.24) is 4.98 Å². The van der Waals surface area contributed by atoms with E-state index in [1.807, 2.05) is 0 Å². The minimum Gasteiger partial charge on any atom is -0.244 e. The number of anilines is 1. The first kappa shape index (κ1) is 14.0. The lowest BCUT2D eigenvalue weighted by molar-refractivity contribution is 0.592. The number of benzene rings is 1. The number of hydrogen-bond acceptors (Lipinski definition) is 4. The molecule has 1 aromatic heterocycles. The standard InChI is InChI=1S/C12H13FN2O2S2/c1-8-6-10(4-5-11(8)13)19(16,17)15(3)12-14-9(2)7-18-12/h4-7H,1-3H3. The zero-order valence-electron chi connectivity index (χ0n) is 10.7.